The molecule has 1 aliphatic carbocycles. The van der Waals surface area contributed by atoms with Crippen molar-refractivity contribution in [1.29, 1.82) is 0 Å². The maximum atomic E-state index is 13.2. The molecule has 1 saturated carbocycles. The first-order chi connectivity index (χ1) is 16.4. The molecule has 7 heteroatoms. The molecule has 0 radical (unpaired) electrons. The van der Waals surface area contributed by atoms with E-state index in [0.29, 0.717) is 25.7 Å². The van der Waals surface area contributed by atoms with Gasteiger partial charge in [-0.25, -0.2) is 0 Å². The Morgan fingerprint density at radius 2 is 1.91 bits per heavy atom. The lowest BCUT2D eigenvalue weighted by molar-refractivity contribution is -0.152. The van der Waals surface area contributed by atoms with E-state index >= 15 is 0 Å². The fourth-order valence-electron chi connectivity index (χ4n) is 4.81. The average Bonchev–Trinajstić information content (AvgIpc) is 3.29. The molecule has 1 aliphatic heterocycles. The summed E-state index contributed by atoms with van der Waals surface area (Å²) < 4.78 is 5.83. The minimum atomic E-state index is -0.574. The summed E-state index contributed by atoms with van der Waals surface area (Å²) in [5.41, 5.74) is 0.527. The molecular weight excluding hydrogens is 432 g/mol. The van der Waals surface area contributed by atoms with Gasteiger partial charge in [0, 0.05) is 12.5 Å². The van der Waals surface area contributed by atoms with Crippen LogP contribution < -0.4 is 10.6 Å². The number of allylic oxidation sites excluding steroid dienone is 2. The molecule has 34 heavy (non-hydrogen) atoms. The van der Waals surface area contributed by atoms with Gasteiger partial charge in [0.15, 0.2) is 0 Å². The van der Waals surface area contributed by atoms with E-state index < -0.39 is 11.5 Å². The van der Waals surface area contributed by atoms with E-state index in [1.807, 2.05) is 42.5 Å². The Labute approximate surface area is 202 Å². The summed E-state index contributed by atoms with van der Waals surface area (Å²) in [7, 11) is 0. The SMILES string of the molecule is C[C@@H](CO)NC(=O)C[C@H]1CC=CCC[C@H](Cc2ccccc2)C(=O)OCC2(CCCC2)NC1=O. The minimum absolute atomic E-state index is 0.0486. The molecule has 1 aromatic carbocycles. The highest BCUT2D eigenvalue weighted by Gasteiger charge is 2.39. The van der Waals surface area contributed by atoms with Gasteiger partial charge in [0.2, 0.25) is 11.8 Å². The Kier molecular flexibility index (Phi) is 9.69. The highest BCUT2D eigenvalue weighted by molar-refractivity contribution is 5.86. The van der Waals surface area contributed by atoms with Crippen LogP contribution in [0.4, 0.5) is 0 Å². The van der Waals surface area contributed by atoms with Crippen LogP contribution in [0.2, 0.25) is 0 Å². The summed E-state index contributed by atoms with van der Waals surface area (Å²) in [6.45, 7) is 1.73. The van der Waals surface area contributed by atoms with E-state index in [1.54, 1.807) is 6.92 Å². The van der Waals surface area contributed by atoms with Crippen LogP contribution in [0.3, 0.4) is 0 Å². The standard InChI is InChI=1S/C27H38N2O5/c1-20(18-30)28-24(31)17-22-12-6-3-7-13-23(16-21-10-4-2-5-11-21)26(33)34-19-27(29-25(22)32)14-8-9-15-27/h2-6,10-11,20,22-23,30H,7-9,12-19H2,1H3,(H,28,31)(H,29,32)/t20-,22+,23+/m0/s1. The number of hydrogen-bond donors (Lipinski definition) is 3. The van der Waals surface area contributed by atoms with Gasteiger partial charge in [-0.15, -0.1) is 0 Å². The van der Waals surface area contributed by atoms with Crippen LogP contribution in [0, 0.1) is 11.8 Å². The summed E-state index contributed by atoms with van der Waals surface area (Å²) in [6, 6.07) is 9.60. The Morgan fingerprint density at radius 3 is 2.62 bits per heavy atom. The van der Waals surface area contributed by atoms with E-state index in [-0.39, 0.29) is 49.4 Å². The third kappa shape index (κ3) is 7.69. The molecule has 1 aromatic rings. The summed E-state index contributed by atoms with van der Waals surface area (Å²) in [4.78, 5) is 38.7. The van der Waals surface area contributed by atoms with Crippen molar-refractivity contribution >= 4 is 17.8 Å². The van der Waals surface area contributed by atoms with Crippen LogP contribution in [-0.2, 0) is 25.5 Å². The molecule has 7 nitrogen and oxygen atoms in total. The van der Waals surface area contributed by atoms with Gasteiger partial charge in [-0.05, 0) is 51.0 Å². The summed E-state index contributed by atoms with van der Waals surface area (Å²) in [5.74, 6) is -1.42. The molecule has 1 spiro atoms. The first kappa shape index (κ1) is 25.9. The van der Waals surface area contributed by atoms with Gasteiger partial charge >= 0.3 is 5.97 Å². The molecule has 3 rings (SSSR count). The van der Waals surface area contributed by atoms with Gasteiger partial charge in [-0.2, -0.15) is 0 Å². The van der Waals surface area contributed by atoms with E-state index in [1.165, 1.54) is 0 Å². The number of nitrogens with one attached hydrogen (secondary N) is 2. The van der Waals surface area contributed by atoms with Crippen LogP contribution >= 0.6 is 0 Å². The van der Waals surface area contributed by atoms with Gasteiger partial charge in [0.05, 0.1) is 24.0 Å². The highest BCUT2D eigenvalue weighted by atomic mass is 16.5. The molecule has 0 saturated heterocycles. The lowest BCUT2D eigenvalue weighted by Gasteiger charge is -2.32. The van der Waals surface area contributed by atoms with Crippen LogP contribution in [0.5, 0.6) is 0 Å². The average molecular weight is 471 g/mol. The van der Waals surface area contributed by atoms with Crippen molar-refractivity contribution in [2.45, 2.75) is 76.3 Å². The van der Waals surface area contributed by atoms with Crippen molar-refractivity contribution in [1.82, 2.24) is 10.6 Å². The fraction of sp³-hybridized carbons (Fsp3) is 0.593. The number of cyclic esters (lactones) is 1. The van der Waals surface area contributed by atoms with E-state index in [4.69, 9.17) is 4.74 Å². The first-order valence-corrected chi connectivity index (χ1v) is 12.5. The van der Waals surface area contributed by atoms with Crippen molar-refractivity contribution < 1.29 is 24.2 Å². The quantitative estimate of drug-likeness (QED) is 0.438. The number of carbonyl (C=O) groups is 3. The maximum absolute atomic E-state index is 13.2. The van der Waals surface area contributed by atoms with E-state index in [2.05, 4.69) is 10.6 Å². The van der Waals surface area contributed by atoms with E-state index in [0.717, 1.165) is 31.2 Å². The van der Waals surface area contributed by atoms with Crippen molar-refractivity contribution in [2.24, 2.45) is 11.8 Å². The second-order valence-corrected chi connectivity index (χ2v) is 9.81. The van der Waals surface area contributed by atoms with Crippen LogP contribution in [0.15, 0.2) is 42.5 Å². The van der Waals surface area contributed by atoms with Crippen LogP contribution in [0.1, 0.15) is 63.9 Å². The predicted molar refractivity (Wildman–Crippen MR) is 130 cm³/mol. The lowest BCUT2D eigenvalue weighted by atomic mass is 9.94. The molecular formula is C27H38N2O5. The van der Waals surface area contributed by atoms with Crippen molar-refractivity contribution in [3.8, 4) is 0 Å². The predicted octanol–water partition coefficient (Wildman–Crippen LogP) is 3.06. The Morgan fingerprint density at radius 1 is 1.18 bits per heavy atom. The summed E-state index contributed by atoms with van der Waals surface area (Å²) >= 11 is 0. The number of aliphatic hydroxyl groups excluding tert-OH is 1. The zero-order valence-electron chi connectivity index (χ0n) is 20.1. The highest BCUT2D eigenvalue weighted by Crippen LogP contribution is 2.31. The van der Waals surface area contributed by atoms with Crippen molar-refractivity contribution in [3.63, 3.8) is 0 Å². The number of amides is 2. The van der Waals surface area contributed by atoms with Gasteiger partial charge in [-0.1, -0.05) is 55.3 Å². The molecule has 3 N–H and O–H groups in total. The van der Waals surface area contributed by atoms with Crippen LogP contribution in [-0.4, -0.2) is 47.7 Å². The summed E-state index contributed by atoms with van der Waals surface area (Å²) in [6.07, 6.45) is 9.84. The molecule has 0 unspecified atom stereocenters. The molecule has 1 fully saturated rings. The zero-order chi connectivity index (χ0) is 24.4. The van der Waals surface area contributed by atoms with Gasteiger partial charge < -0.3 is 20.5 Å². The summed E-state index contributed by atoms with van der Waals surface area (Å²) in [5, 5.41) is 15.1. The number of hydrogen-bond acceptors (Lipinski definition) is 5. The van der Waals surface area contributed by atoms with Crippen molar-refractivity contribution in [3.05, 3.63) is 48.0 Å². The van der Waals surface area contributed by atoms with E-state index in [9.17, 15) is 19.5 Å². The maximum Gasteiger partial charge on any atom is 0.309 e. The number of esters is 1. The number of rotatable bonds is 6. The number of aliphatic hydroxyl groups is 1. The normalized spacial score (nSPS) is 24.3. The lowest BCUT2D eigenvalue weighted by Crippen LogP contribution is -2.52. The van der Waals surface area contributed by atoms with Gasteiger partial charge in [0.25, 0.3) is 0 Å². The third-order valence-corrected chi connectivity index (χ3v) is 6.85. The van der Waals surface area contributed by atoms with Crippen LogP contribution in [0.25, 0.3) is 0 Å². The number of ether oxygens (including phenoxy) is 1. The molecule has 1 heterocycles. The monoisotopic (exact) mass is 470 g/mol. The number of benzene rings is 1. The fourth-order valence-corrected chi connectivity index (χ4v) is 4.81. The third-order valence-electron chi connectivity index (χ3n) is 6.85. The first-order valence-electron chi connectivity index (χ1n) is 12.5. The molecule has 186 valence electrons. The second-order valence-electron chi connectivity index (χ2n) is 9.81. The zero-order valence-corrected chi connectivity index (χ0v) is 20.1. The Bertz CT molecular complexity index is 848. The van der Waals surface area contributed by atoms with Gasteiger partial charge in [-0.3, -0.25) is 14.4 Å². The Hall–Kier alpha value is -2.67. The van der Waals surface area contributed by atoms with Crippen molar-refractivity contribution in [2.75, 3.05) is 13.2 Å². The number of carbonyl (C=O) groups excluding carboxylic acids is 3. The molecule has 3 atom stereocenters. The Balaban J connectivity index is 1.75. The molecule has 2 amide bonds. The van der Waals surface area contributed by atoms with Gasteiger partial charge in [0.1, 0.15) is 6.61 Å². The largest absolute Gasteiger partial charge is 0.463 e. The minimum Gasteiger partial charge on any atom is -0.463 e. The smallest absolute Gasteiger partial charge is 0.309 e. The molecule has 0 bridgehead atoms. The second kappa shape index (κ2) is 12.7. The molecule has 0 aromatic heterocycles. The molecule has 2 aliphatic rings. The topological polar surface area (TPSA) is 105 Å².